The number of aromatic nitrogens is 3. The fraction of sp³-hybridized carbons (Fsp3) is 0. The van der Waals surface area contributed by atoms with Crippen molar-refractivity contribution in [1.82, 2.24) is 15.0 Å². The van der Waals surface area contributed by atoms with Crippen molar-refractivity contribution >= 4 is 17.3 Å². The average Bonchev–Trinajstić information content (AvgIpc) is 2.93. The largest absolute Gasteiger partial charge is 0.368 e. The number of rotatable bonds is 2. The summed E-state index contributed by atoms with van der Waals surface area (Å²) in [7, 11) is 0. The smallest absolute Gasteiger partial charge is 0.224 e. The summed E-state index contributed by atoms with van der Waals surface area (Å²) in [6, 6.07) is 11.7. The number of hydrogen-bond acceptors (Lipinski definition) is 5. The molecule has 4 nitrogen and oxygen atoms in total. The summed E-state index contributed by atoms with van der Waals surface area (Å²) in [4.78, 5) is 12.8. The van der Waals surface area contributed by atoms with E-state index in [-0.39, 0.29) is 5.95 Å². The van der Waals surface area contributed by atoms with Crippen LogP contribution in [0.1, 0.15) is 0 Å². The van der Waals surface area contributed by atoms with Gasteiger partial charge in [0.05, 0.1) is 0 Å². The molecule has 5 heteroatoms. The van der Waals surface area contributed by atoms with E-state index >= 15 is 0 Å². The lowest BCUT2D eigenvalue weighted by molar-refractivity contribution is 1.08. The van der Waals surface area contributed by atoms with E-state index in [1.54, 1.807) is 11.3 Å². The Labute approximate surface area is 108 Å². The molecule has 2 aromatic heterocycles. The Kier molecular flexibility index (Phi) is 2.74. The van der Waals surface area contributed by atoms with E-state index in [2.05, 4.69) is 15.0 Å². The Morgan fingerprint density at radius 1 is 0.833 bits per heavy atom. The van der Waals surface area contributed by atoms with E-state index in [1.165, 1.54) is 0 Å². The van der Waals surface area contributed by atoms with Gasteiger partial charge in [-0.1, -0.05) is 30.3 Å². The van der Waals surface area contributed by atoms with Crippen LogP contribution in [-0.2, 0) is 0 Å². The van der Waals surface area contributed by atoms with Crippen LogP contribution in [0.5, 0.6) is 0 Å². The Morgan fingerprint density at radius 3 is 2.22 bits per heavy atom. The van der Waals surface area contributed by atoms with Gasteiger partial charge in [0.25, 0.3) is 0 Å². The molecule has 18 heavy (non-hydrogen) atoms. The molecule has 2 N–H and O–H groups in total. The molecule has 0 bridgehead atoms. The van der Waals surface area contributed by atoms with Crippen LogP contribution in [0.4, 0.5) is 5.95 Å². The molecule has 0 saturated carbocycles. The normalized spacial score (nSPS) is 10.4. The van der Waals surface area contributed by atoms with Crippen molar-refractivity contribution in [1.29, 1.82) is 0 Å². The van der Waals surface area contributed by atoms with Crippen molar-refractivity contribution < 1.29 is 0 Å². The number of anilines is 1. The van der Waals surface area contributed by atoms with Crippen LogP contribution in [0.3, 0.4) is 0 Å². The summed E-state index contributed by atoms with van der Waals surface area (Å²) in [5.41, 5.74) is 7.64. The van der Waals surface area contributed by atoms with Gasteiger partial charge in [0.1, 0.15) is 0 Å². The van der Waals surface area contributed by atoms with Crippen LogP contribution in [0.15, 0.2) is 47.2 Å². The van der Waals surface area contributed by atoms with Crippen molar-refractivity contribution in [2.75, 3.05) is 5.73 Å². The first-order valence-electron chi connectivity index (χ1n) is 5.42. The summed E-state index contributed by atoms with van der Waals surface area (Å²) in [5, 5.41) is 3.97. The van der Waals surface area contributed by atoms with Crippen LogP contribution in [0, 0.1) is 0 Å². The second kappa shape index (κ2) is 4.54. The third-order valence-corrected chi connectivity index (χ3v) is 3.15. The zero-order valence-electron chi connectivity index (χ0n) is 9.45. The molecule has 1 aromatic carbocycles. The molecule has 0 unspecified atom stereocenters. The van der Waals surface area contributed by atoms with Crippen LogP contribution in [0.25, 0.3) is 22.8 Å². The van der Waals surface area contributed by atoms with Gasteiger partial charge in [-0.25, -0.2) is 4.98 Å². The van der Waals surface area contributed by atoms with Crippen molar-refractivity contribution in [2.45, 2.75) is 0 Å². The van der Waals surface area contributed by atoms with Gasteiger partial charge in [0.15, 0.2) is 11.6 Å². The number of nitrogens with zero attached hydrogens (tertiary/aromatic N) is 3. The van der Waals surface area contributed by atoms with E-state index in [0.717, 1.165) is 11.1 Å². The van der Waals surface area contributed by atoms with Crippen molar-refractivity contribution in [3.63, 3.8) is 0 Å². The van der Waals surface area contributed by atoms with Crippen LogP contribution in [0.2, 0.25) is 0 Å². The van der Waals surface area contributed by atoms with Gasteiger partial charge in [-0.15, -0.1) is 0 Å². The highest BCUT2D eigenvalue weighted by atomic mass is 32.1. The maximum absolute atomic E-state index is 5.74. The van der Waals surface area contributed by atoms with Crippen LogP contribution in [-0.4, -0.2) is 15.0 Å². The molecule has 0 amide bonds. The first kappa shape index (κ1) is 10.9. The summed E-state index contributed by atoms with van der Waals surface area (Å²) < 4.78 is 0. The van der Waals surface area contributed by atoms with E-state index in [9.17, 15) is 0 Å². The van der Waals surface area contributed by atoms with Gasteiger partial charge in [-0.3, -0.25) is 0 Å². The monoisotopic (exact) mass is 254 g/mol. The average molecular weight is 254 g/mol. The summed E-state index contributed by atoms with van der Waals surface area (Å²) in [6.45, 7) is 0. The van der Waals surface area contributed by atoms with E-state index < -0.39 is 0 Å². The van der Waals surface area contributed by atoms with Crippen molar-refractivity contribution in [3.8, 4) is 22.8 Å². The molecule has 0 aliphatic carbocycles. The Balaban J connectivity index is 2.12. The van der Waals surface area contributed by atoms with Crippen LogP contribution >= 0.6 is 11.3 Å². The minimum absolute atomic E-state index is 0.241. The Bertz CT molecular complexity index is 650. The minimum atomic E-state index is 0.241. The van der Waals surface area contributed by atoms with Gasteiger partial charge >= 0.3 is 0 Å². The fourth-order valence-corrected chi connectivity index (χ4v) is 2.26. The topological polar surface area (TPSA) is 64.7 Å². The lowest BCUT2D eigenvalue weighted by Crippen LogP contribution is -2.01. The number of nitrogens with two attached hydrogens (primary N) is 1. The predicted octanol–water partition coefficient (Wildman–Crippen LogP) is 2.85. The quantitative estimate of drug-likeness (QED) is 0.763. The maximum Gasteiger partial charge on any atom is 0.224 e. The molecule has 0 fully saturated rings. The SMILES string of the molecule is Nc1nc(-c2ccccc2)nc(-c2ccsc2)n1. The maximum atomic E-state index is 5.74. The van der Waals surface area contributed by atoms with Crippen molar-refractivity contribution in [3.05, 3.63) is 47.2 Å². The first-order chi connectivity index (χ1) is 8.83. The second-order valence-corrected chi connectivity index (χ2v) is 4.50. The predicted molar refractivity (Wildman–Crippen MR) is 73.0 cm³/mol. The first-order valence-corrected chi connectivity index (χ1v) is 6.37. The molecule has 2 heterocycles. The highest BCUT2D eigenvalue weighted by Gasteiger charge is 2.08. The Hall–Kier alpha value is -2.27. The van der Waals surface area contributed by atoms with Crippen molar-refractivity contribution in [2.24, 2.45) is 0 Å². The lowest BCUT2D eigenvalue weighted by Gasteiger charge is -2.03. The number of nitrogen functional groups attached to an aromatic ring is 1. The Morgan fingerprint density at radius 2 is 1.56 bits per heavy atom. The number of benzene rings is 1. The highest BCUT2D eigenvalue weighted by molar-refractivity contribution is 7.08. The molecule has 0 spiro atoms. The summed E-state index contributed by atoms with van der Waals surface area (Å²) >= 11 is 1.60. The molecule has 3 aromatic rings. The zero-order valence-corrected chi connectivity index (χ0v) is 10.3. The zero-order chi connectivity index (χ0) is 12.4. The molecule has 88 valence electrons. The van der Waals surface area contributed by atoms with Gasteiger partial charge in [0, 0.05) is 16.5 Å². The molecular weight excluding hydrogens is 244 g/mol. The molecule has 0 aliphatic rings. The van der Waals surface area contributed by atoms with Crippen LogP contribution < -0.4 is 5.73 Å². The second-order valence-electron chi connectivity index (χ2n) is 3.72. The molecular formula is C13H10N4S. The molecule has 0 radical (unpaired) electrons. The molecule has 0 atom stereocenters. The molecule has 3 rings (SSSR count). The minimum Gasteiger partial charge on any atom is -0.368 e. The number of thiophene rings is 1. The van der Waals surface area contributed by atoms with Gasteiger partial charge in [-0.05, 0) is 11.4 Å². The lowest BCUT2D eigenvalue weighted by atomic mass is 10.2. The van der Waals surface area contributed by atoms with E-state index in [4.69, 9.17) is 5.73 Å². The summed E-state index contributed by atoms with van der Waals surface area (Å²) in [6.07, 6.45) is 0. The standard InChI is InChI=1S/C13H10N4S/c14-13-16-11(9-4-2-1-3-5-9)15-12(17-13)10-6-7-18-8-10/h1-8H,(H2,14,15,16,17). The third-order valence-electron chi connectivity index (χ3n) is 2.46. The molecule has 0 aliphatic heterocycles. The van der Waals surface area contributed by atoms with Gasteiger partial charge < -0.3 is 5.73 Å². The molecule has 0 saturated heterocycles. The third kappa shape index (κ3) is 2.08. The fourth-order valence-electron chi connectivity index (χ4n) is 1.63. The summed E-state index contributed by atoms with van der Waals surface area (Å²) in [5.74, 6) is 1.46. The van der Waals surface area contributed by atoms with Gasteiger partial charge in [0.2, 0.25) is 5.95 Å². The van der Waals surface area contributed by atoms with Gasteiger partial charge in [-0.2, -0.15) is 21.3 Å². The van der Waals surface area contributed by atoms with E-state index in [1.807, 2.05) is 47.2 Å². The highest BCUT2D eigenvalue weighted by Crippen LogP contribution is 2.22. The number of hydrogen-bond donors (Lipinski definition) is 1. The van der Waals surface area contributed by atoms with E-state index in [0.29, 0.717) is 11.6 Å².